The third kappa shape index (κ3) is 9.32. The Labute approximate surface area is 259 Å². The van der Waals surface area contributed by atoms with Crippen LogP contribution in [0.3, 0.4) is 0 Å². The second-order valence-electron chi connectivity index (χ2n) is 11.6. The van der Waals surface area contributed by atoms with E-state index in [4.69, 9.17) is 0 Å². The lowest BCUT2D eigenvalue weighted by atomic mass is 9.89. The van der Waals surface area contributed by atoms with E-state index in [1.54, 1.807) is 0 Å². The maximum Gasteiger partial charge on any atom is 0.0462 e. The summed E-state index contributed by atoms with van der Waals surface area (Å²) >= 11 is 0. The van der Waals surface area contributed by atoms with Crippen LogP contribution in [0.4, 0.5) is 17.1 Å². The van der Waals surface area contributed by atoms with Crippen LogP contribution < -0.4 is 4.90 Å². The Morgan fingerprint density at radius 3 is 1.58 bits per heavy atom. The quantitative estimate of drug-likeness (QED) is 0.155. The van der Waals surface area contributed by atoms with E-state index in [0.29, 0.717) is 0 Å². The molecule has 0 atom stereocenters. The van der Waals surface area contributed by atoms with Gasteiger partial charge in [-0.1, -0.05) is 148 Å². The average Bonchev–Trinajstić information content (AvgIpc) is 3.07. The zero-order valence-corrected chi connectivity index (χ0v) is 25.6. The lowest BCUT2D eigenvalue weighted by Crippen LogP contribution is -2.10. The third-order valence-electron chi connectivity index (χ3n) is 8.24. The van der Waals surface area contributed by atoms with E-state index in [9.17, 15) is 0 Å². The lowest BCUT2D eigenvalue weighted by Gasteiger charge is -2.26. The summed E-state index contributed by atoms with van der Waals surface area (Å²) in [6.45, 7) is 2.25. The molecule has 0 spiro atoms. The summed E-state index contributed by atoms with van der Waals surface area (Å²) in [5, 5.41) is 0. The second kappa shape index (κ2) is 16.3. The minimum Gasteiger partial charge on any atom is -0.311 e. The molecule has 43 heavy (non-hydrogen) atoms. The summed E-state index contributed by atoms with van der Waals surface area (Å²) in [5.41, 5.74) is 8.48. The fraction of sp³-hybridized carbons (Fsp3) is 0.238. The molecule has 0 heterocycles. The van der Waals surface area contributed by atoms with Gasteiger partial charge in [0, 0.05) is 17.1 Å². The zero-order chi connectivity index (χ0) is 29.5. The highest BCUT2D eigenvalue weighted by molar-refractivity contribution is 5.78. The number of hydrogen-bond acceptors (Lipinski definition) is 1. The van der Waals surface area contributed by atoms with Gasteiger partial charge in [-0.3, -0.25) is 0 Å². The number of nitrogens with zero attached hydrogens (tertiary/aromatic N) is 1. The topological polar surface area (TPSA) is 3.24 Å². The van der Waals surface area contributed by atoms with Crippen molar-refractivity contribution in [1.82, 2.24) is 0 Å². The fourth-order valence-electron chi connectivity index (χ4n) is 5.72. The van der Waals surface area contributed by atoms with Gasteiger partial charge in [-0.15, -0.1) is 0 Å². The van der Waals surface area contributed by atoms with Crippen LogP contribution in [0.15, 0.2) is 134 Å². The third-order valence-corrected chi connectivity index (χ3v) is 8.24. The lowest BCUT2D eigenvalue weighted by molar-refractivity contribution is 0.419. The van der Waals surface area contributed by atoms with Crippen molar-refractivity contribution < 1.29 is 0 Å². The molecule has 1 aliphatic rings. The molecule has 0 radical (unpaired) electrons. The van der Waals surface area contributed by atoms with Gasteiger partial charge in [0.2, 0.25) is 0 Å². The van der Waals surface area contributed by atoms with E-state index in [-0.39, 0.29) is 0 Å². The highest BCUT2D eigenvalue weighted by Crippen LogP contribution is 2.35. The predicted molar refractivity (Wildman–Crippen MR) is 189 cm³/mol. The first-order chi connectivity index (χ1) is 21.3. The smallest absolute Gasteiger partial charge is 0.0462 e. The van der Waals surface area contributed by atoms with Gasteiger partial charge in [0.15, 0.2) is 0 Å². The Bertz CT molecular complexity index is 1480. The normalized spacial score (nSPS) is 14.4. The molecule has 218 valence electrons. The van der Waals surface area contributed by atoms with Crippen molar-refractivity contribution in [2.45, 2.75) is 58.3 Å². The summed E-state index contributed by atoms with van der Waals surface area (Å²) in [6, 6.07) is 37.2. The van der Waals surface area contributed by atoms with Gasteiger partial charge in [-0.25, -0.2) is 0 Å². The first-order valence-electron chi connectivity index (χ1n) is 16.1. The van der Waals surface area contributed by atoms with E-state index in [1.807, 2.05) is 6.07 Å². The first-order valence-corrected chi connectivity index (χ1v) is 16.1. The van der Waals surface area contributed by atoms with Crippen molar-refractivity contribution in [3.8, 4) is 0 Å². The van der Waals surface area contributed by atoms with Gasteiger partial charge in [0.1, 0.15) is 0 Å². The van der Waals surface area contributed by atoms with Crippen LogP contribution in [0.25, 0.3) is 18.2 Å². The van der Waals surface area contributed by atoms with Crippen LogP contribution in [0.5, 0.6) is 0 Å². The maximum absolute atomic E-state index is 2.40. The van der Waals surface area contributed by atoms with Crippen LogP contribution in [0.1, 0.15) is 74.1 Å². The van der Waals surface area contributed by atoms with Gasteiger partial charge >= 0.3 is 0 Å². The van der Waals surface area contributed by atoms with Crippen molar-refractivity contribution >= 4 is 35.3 Å². The molecule has 1 fully saturated rings. The fourth-order valence-corrected chi connectivity index (χ4v) is 5.72. The van der Waals surface area contributed by atoms with Crippen molar-refractivity contribution in [3.63, 3.8) is 0 Å². The summed E-state index contributed by atoms with van der Waals surface area (Å²) < 4.78 is 0. The number of anilines is 3. The monoisotopic (exact) mass is 563 g/mol. The van der Waals surface area contributed by atoms with Crippen molar-refractivity contribution in [1.29, 1.82) is 0 Å². The minimum absolute atomic E-state index is 0.760. The Hall–Kier alpha value is -4.36. The van der Waals surface area contributed by atoms with E-state index in [1.165, 1.54) is 72.9 Å². The molecule has 0 unspecified atom stereocenters. The largest absolute Gasteiger partial charge is 0.311 e. The molecule has 0 amide bonds. The van der Waals surface area contributed by atoms with Crippen molar-refractivity contribution in [2.75, 3.05) is 4.90 Å². The average molecular weight is 564 g/mol. The summed E-state index contributed by atoms with van der Waals surface area (Å²) in [6.07, 6.45) is 27.9. The van der Waals surface area contributed by atoms with Crippen molar-refractivity contribution in [2.24, 2.45) is 5.92 Å². The molecule has 1 aliphatic carbocycles. The molecule has 0 saturated heterocycles. The molecular formula is C42H45N. The zero-order valence-electron chi connectivity index (χ0n) is 25.6. The molecule has 1 nitrogen and oxygen atoms in total. The number of aryl methyl sites for hydroxylation is 1. The van der Waals surface area contributed by atoms with Gasteiger partial charge in [0.25, 0.3) is 0 Å². The minimum atomic E-state index is 0.760. The van der Waals surface area contributed by atoms with Gasteiger partial charge in [-0.05, 0) is 90.3 Å². The molecule has 5 rings (SSSR count). The predicted octanol–water partition coefficient (Wildman–Crippen LogP) is 12.4. The molecule has 0 aliphatic heterocycles. The van der Waals surface area contributed by atoms with Crippen molar-refractivity contribution in [3.05, 3.63) is 156 Å². The molecule has 1 heteroatoms. The Morgan fingerprint density at radius 1 is 0.558 bits per heavy atom. The second-order valence-corrected chi connectivity index (χ2v) is 11.6. The molecule has 0 bridgehead atoms. The van der Waals surface area contributed by atoms with E-state index in [0.717, 1.165) is 23.7 Å². The molecule has 4 aromatic carbocycles. The number of benzene rings is 4. The van der Waals surface area contributed by atoms with E-state index < -0.39 is 0 Å². The molecule has 0 aromatic heterocycles. The molecule has 4 aromatic rings. The van der Waals surface area contributed by atoms with Crippen LogP contribution in [-0.4, -0.2) is 0 Å². The molecular weight excluding hydrogens is 518 g/mol. The SMILES string of the molecule is CCCCc1ccc(N(c2ccc(/C=C/C=C/c3ccccc3)cc2)c2ccc(/C=C/C=C/C3CCCCC3)cc2)cc1. The van der Waals surface area contributed by atoms with Gasteiger partial charge in [-0.2, -0.15) is 0 Å². The van der Waals surface area contributed by atoms with E-state index >= 15 is 0 Å². The highest BCUT2D eigenvalue weighted by atomic mass is 15.1. The van der Waals surface area contributed by atoms with Gasteiger partial charge in [0.05, 0.1) is 0 Å². The van der Waals surface area contributed by atoms with Crippen LogP contribution >= 0.6 is 0 Å². The summed E-state index contributed by atoms with van der Waals surface area (Å²) in [5.74, 6) is 0.760. The Balaban J connectivity index is 1.32. The number of rotatable bonds is 12. The molecule has 1 saturated carbocycles. The van der Waals surface area contributed by atoms with Gasteiger partial charge < -0.3 is 4.90 Å². The Morgan fingerprint density at radius 2 is 1.05 bits per heavy atom. The van der Waals surface area contributed by atoms with Crippen LogP contribution in [0.2, 0.25) is 0 Å². The summed E-state index contributed by atoms with van der Waals surface area (Å²) in [7, 11) is 0. The van der Waals surface area contributed by atoms with Crippen LogP contribution in [-0.2, 0) is 6.42 Å². The van der Waals surface area contributed by atoms with E-state index in [2.05, 4.69) is 157 Å². The maximum atomic E-state index is 2.40. The number of allylic oxidation sites excluding steroid dienone is 5. The highest BCUT2D eigenvalue weighted by Gasteiger charge is 2.13. The standard InChI is InChI=1S/C42H45N/c1-2-3-14-37-23-29-40(30-24-37)43(41-31-25-38(26-32-41)21-12-10-19-35-15-6-4-7-16-35)42-33-27-39(28-34-42)22-13-11-20-36-17-8-5-9-18-36/h4,6-7,10-13,15-16,19-34,36H,2-3,5,8-9,14,17-18H2,1H3/b19-10+,20-11+,21-12+,22-13+. The summed E-state index contributed by atoms with van der Waals surface area (Å²) in [4.78, 5) is 2.35. The first kappa shape index (κ1) is 30.1. The van der Waals surface area contributed by atoms with Crippen LogP contribution in [0, 0.1) is 5.92 Å². The Kier molecular flexibility index (Phi) is 11.4. The number of unbranched alkanes of at least 4 members (excludes halogenated alkanes) is 1. The molecule has 0 N–H and O–H groups in total. The number of hydrogen-bond donors (Lipinski definition) is 0.